The Labute approximate surface area is 116 Å². The third-order valence-electron chi connectivity index (χ3n) is 4.78. The van der Waals surface area contributed by atoms with Crippen LogP contribution < -0.4 is 5.32 Å². The number of hydrogen-bond donors (Lipinski definition) is 1. The molecule has 0 saturated heterocycles. The van der Waals surface area contributed by atoms with E-state index in [1.54, 1.807) is 0 Å². The first-order valence-corrected chi connectivity index (χ1v) is 8.05. The Kier molecular flexibility index (Phi) is 3.92. The summed E-state index contributed by atoms with van der Waals surface area (Å²) in [7, 11) is 0. The van der Waals surface area contributed by atoms with E-state index in [1.165, 1.54) is 49.4 Å². The molecule has 1 fully saturated rings. The molecule has 2 atom stereocenters. The zero-order valence-electron chi connectivity index (χ0n) is 12.4. The Balaban J connectivity index is 1.83. The summed E-state index contributed by atoms with van der Waals surface area (Å²) in [6.45, 7) is 7.97. The Morgan fingerprint density at radius 1 is 1.37 bits per heavy atom. The van der Waals surface area contributed by atoms with Gasteiger partial charge >= 0.3 is 0 Å². The minimum absolute atomic E-state index is 0.888. The van der Waals surface area contributed by atoms with Crippen molar-refractivity contribution >= 4 is 0 Å². The topological polar surface area (TPSA) is 29.9 Å². The molecule has 1 N–H and O–H groups in total. The summed E-state index contributed by atoms with van der Waals surface area (Å²) >= 11 is 0. The minimum atomic E-state index is 0.888. The van der Waals surface area contributed by atoms with Crippen molar-refractivity contribution in [1.29, 1.82) is 0 Å². The highest BCUT2D eigenvalue weighted by Gasteiger charge is 2.25. The maximum atomic E-state index is 4.90. The Hall–Kier alpha value is -0.830. The predicted octanol–water partition coefficient (Wildman–Crippen LogP) is 2.92. The maximum Gasteiger partial charge on any atom is 0.109 e. The highest BCUT2D eigenvalue weighted by molar-refractivity contribution is 5.20. The van der Waals surface area contributed by atoms with Gasteiger partial charge in [0, 0.05) is 38.2 Å². The third kappa shape index (κ3) is 2.71. The fourth-order valence-electron chi connectivity index (χ4n) is 3.81. The Bertz CT molecular complexity index is 435. The van der Waals surface area contributed by atoms with Crippen LogP contribution in [0.1, 0.15) is 56.7 Å². The smallest absolute Gasteiger partial charge is 0.109 e. The average molecular weight is 261 g/mol. The lowest BCUT2D eigenvalue weighted by atomic mass is 10.1. The van der Waals surface area contributed by atoms with E-state index >= 15 is 0 Å². The van der Waals surface area contributed by atoms with Crippen LogP contribution >= 0.6 is 0 Å². The van der Waals surface area contributed by atoms with Crippen LogP contribution in [0.25, 0.3) is 0 Å². The normalized spacial score (nSPS) is 26.6. The molecule has 106 valence electrons. The van der Waals surface area contributed by atoms with Crippen molar-refractivity contribution in [3.8, 4) is 0 Å². The summed E-state index contributed by atoms with van der Waals surface area (Å²) in [5, 5.41) is 3.45. The van der Waals surface area contributed by atoms with E-state index in [0.29, 0.717) is 0 Å². The van der Waals surface area contributed by atoms with E-state index in [4.69, 9.17) is 4.98 Å². The molecule has 3 heteroatoms. The van der Waals surface area contributed by atoms with E-state index in [-0.39, 0.29) is 0 Å². The van der Waals surface area contributed by atoms with Crippen LogP contribution in [0.4, 0.5) is 0 Å². The highest BCUT2D eigenvalue weighted by atomic mass is 15.1. The molecule has 1 aliphatic carbocycles. The lowest BCUT2D eigenvalue weighted by molar-refractivity contribution is 0.420. The molecule has 2 aliphatic rings. The van der Waals surface area contributed by atoms with Gasteiger partial charge in [0.25, 0.3) is 0 Å². The molecule has 0 aromatic carbocycles. The van der Waals surface area contributed by atoms with E-state index in [2.05, 4.69) is 23.7 Å². The molecule has 0 radical (unpaired) electrons. The molecule has 1 saturated carbocycles. The number of nitrogens with one attached hydrogen (secondary N) is 1. The van der Waals surface area contributed by atoms with Gasteiger partial charge in [-0.1, -0.05) is 20.3 Å². The largest absolute Gasteiger partial charge is 0.331 e. The fraction of sp³-hybridized carbons (Fsp3) is 0.812. The van der Waals surface area contributed by atoms with Gasteiger partial charge in [-0.15, -0.1) is 0 Å². The summed E-state index contributed by atoms with van der Waals surface area (Å²) < 4.78 is 2.59. The number of hydrogen-bond acceptors (Lipinski definition) is 2. The number of imidazole rings is 1. The molecule has 0 bridgehead atoms. The maximum absolute atomic E-state index is 4.90. The summed E-state index contributed by atoms with van der Waals surface area (Å²) in [6, 6.07) is 0. The SMILES string of the molecule is CCCc1nc2c(n1CC1CCC(C)C1)CCNC2. The van der Waals surface area contributed by atoms with Crippen LogP contribution in [0.2, 0.25) is 0 Å². The zero-order valence-corrected chi connectivity index (χ0v) is 12.4. The zero-order chi connectivity index (χ0) is 13.2. The van der Waals surface area contributed by atoms with Crippen LogP contribution in [0.15, 0.2) is 0 Å². The van der Waals surface area contributed by atoms with E-state index in [1.807, 2.05) is 0 Å². The van der Waals surface area contributed by atoms with Crippen molar-refractivity contribution in [1.82, 2.24) is 14.9 Å². The first-order chi connectivity index (χ1) is 9.28. The minimum Gasteiger partial charge on any atom is -0.331 e. The fourth-order valence-corrected chi connectivity index (χ4v) is 3.81. The van der Waals surface area contributed by atoms with Crippen molar-refractivity contribution in [2.45, 2.75) is 65.5 Å². The van der Waals surface area contributed by atoms with Gasteiger partial charge < -0.3 is 9.88 Å². The van der Waals surface area contributed by atoms with Crippen LogP contribution in [-0.2, 0) is 25.9 Å². The van der Waals surface area contributed by atoms with E-state index < -0.39 is 0 Å². The second-order valence-corrected chi connectivity index (χ2v) is 6.49. The van der Waals surface area contributed by atoms with E-state index in [0.717, 1.165) is 37.8 Å². The molecule has 2 unspecified atom stereocenters. The molecular formula is C16H27N3. The van der Waals surface area contributed by atoms with Gasteiger partial charge in [-0.05, 0) is 31.1 Å². The summed E-state index contributed by atoms with van der Waals surface area (Å²) in [5.74, 6) is 3.16. The van der Waals surface area contributed by atoms with Gasteiger partial charge in [0.05, 0.1) is 5.69 Å². The van der Waals surface area contributed by atoms with Crippen molar-refractivity contribution in [2.75, 3.05) is 6.54 Å². The Morgan fingerprint density at radius 2 is 2.26 bits per heavy atom. The molecule has 1 aromatic heterocycles. The lowest BCUT2D eigenvalue weighted by Gasteiger charge is -2.19. The molecular weight excluding hydrogens is 234 g/mol. The van der Waals surface area contributed by atoms with Crippen molar-refractivity contribution in [3.63, 3.8) is 0 Å². The number of aromatic nitrogens is 2. The van der Waals surface area contributed by atoms with Gasteiger partial charge in [-0.3, -0.25) is 0 Å². The van der Waals surface area contributed by atoms with Crippen LogP contribution in [0.5, 0.6) is 0 Å². The predicted molar refractivity (Wildman–Crippen MR) is 78.1 cm³/mol. The van der Waals surface area contributed by atoms with Gasteiger partial charge in [0.15, 0.2) is 0 Å². The summed E-state index contributed by atoms with van der Waals surface area (Å²) in [4.78, 5) is 4.90. The third-order valence-corrected chi connectivity index (χ3v) is 4.78. The number of rotatable bonds is 4. The van der Waals surface area contributed by atoms with E-state index in [9.17, 15) is 0 Å². The summed E-state index contributed by atoms with van der Waals surface area (Å²) in [6.07, 6.45) is 7.74. The number of aryl methyl sites for hydroxylation is 1. The van der Waals surface area contributed by atoms with Gasteiger partial charge in [0.1, 0.15) is 5.82 Å². The van der Waals surface area contributed by atoms with Crippen molar-refractivity contribution in [3.05, 3.63) is 17.2 Å². The quantitative estimate of drug-likeness (QED) is 0.903. The molecule has 0 spiro atoms. The molecule has 1 aromatic rings. The molecule has 0 amide bonds. The number of fused-ring (bicyclic) bond motifs is 1. The van der Waals surface area contributed by atoms with Gasteiger partial charge in [0.2, 0.25) is 0 Å². The highest BCUT2D eigenvalue weighted by Crippen LogP contribution is 2.32. The molecule has 3 rings (SSSR count). The monoisotopic (exact) mass is 261 g/mol. The van der Waals surface area contributed by atoms with Gasteiger partial charge in [-0.25, -0.2) is 4.98 Å². The summed E-state index contributed by atoms with van der Waals surface area (Å²) in [5.41, 5.74) is 2.85. The second-order valence-electron chi connectivity index (χ2n) is 6.49. The lowest BCUT2D eigenvalue weighted by Crippen LogP contribution is -2.25. The van der Waals surface area contributed by atoms with Crippen LogP contribution in [-0.4, -0.2) is 16.1 Å². The molecule has 19 heavy (non-hydrogen) atoms. The van der Waals surface area contributed by atoms with Crippen molar-refractivity contribution < 1.29 is 0 Å². The van der Waals surface area contributed by atoms with Crippen LogP contribution in [0.3, 0.4) is 0 Å². The standard InChI is InChI=1S/C16H27N3/c1-3-4-16-18-14-10-17-8-7-15(14)19(16)11-13-6-5-12(2)9-13/h12-13,17H,3-11H2,1-2H3. The van der Waals surface area contributed by atoms with Crippen LogP contribution in [0, 0.1) is 11.8 Å². The number of nitrogens with zero attached hydrogens (tertiary/aromatic N) is 2. The molecule has 1 aliphatic heterocycles. The van der Waals surface area contributed by atoms with Crippen molar-refractivity contribution in [2.24, 2.45) is 11.8 Å². The Morgan fingerprint density at radius 3 is 3.00 bits per heavy atom. The average Bonchev–Trinajstić information content (AvgIpc) is 2.96. The van der Waals surface area contributed by atoms with Gasteiger partial charge in [-0.2, -0.15) is 0 Å². The molecule has 2 heterocycles. The molecule has 3 nitrogen and oxygen atoms in total. The first kappa shape index (κ1) is 13.2. The first-order valence-electron chi connectivity index (χ1n) is 8.05. The second kappa shape index (κ2) is 5.66.